The molecule has 0 amide bonds. The maximum absolute atomic E-state index is 2.33. The van der Waals surface area contributed by atoms with Crippen molar-refractivity contribution in [2.45, 2.75) is 32.6 Å². The Bertz CT molecular complexity index is 94.2. The smallest absolute Gasteiger partial charge is 0.0357 e. The third kappa shape index (κ3) is 0.416. The summed E-state index contributed by atoms with van der Waals surface area (Å²) in [5, 5.41) is 0. The lowest BCUT2D eigenvalue weighted by atomic mass is 9.53. The Morgan fingerprint density at radius 1 is 1.38 bits per heavy atom. The van der Waals surface area contributed by atoms with E-state index in [1.807, 2.05) is 0 Å². The van der Waals surface area contributed by atoms with Crippen LogP contribution in [0.5, 0.6) is 0 Å². The highest BCUT2D eigenvalue weighted by Crippen LogP contribution is 2.55. The molecular formula is C8H14. The lowest BCUT2D eigenvalue weighted by Crippen LogP contribution is -2.43. The van der Waals surface area contributed by atoms with Crippen molar-refractivity contribution in [2.24, 2.45) is 17.8 Å². The Kier molecular flexibility index (Phi) is 0.902. The van der Waals surface area contributed by atoms with Crippen LogP contribution in [-0.2, 0) is 0 Å². The van der Waals surface area contributed by atoms with Crippen LogP contribution in [0.15, 0.2) is 0 Å². The lowest BCUT2D eigenvalue weighted by molar-refractivity contribution is -0.0267. The number of hydrogen-bond donors (Lipinski definition) is 0. The monoisotopic (exact) mass is 110 g/mol. The summed E-state index contributed by atoms with van der Waals surface area (Å²) in [5.74, 6) is 3.54. The first-order chi connectivity index (χ1) is 3.92. The van der Waals surface area contributed by atoms with Crippen LogP contribution >= 0.6 is 0 Å². The first-order valence-corrected chi connectivity index (χ1v) is 3.92. The highest BCUT2D eigenvalue weighted by molar-refractivity contribution is 4.95. The SMILES string of the molecule is CC[C@H]1CC2CCC21. The maximum atomic E-state index is 2.33. The van der Waals surface area contributed by atoms with E-state index in [-0.39, 0.29) is 0 Å². The van der Waals surface area contributed by atoms with Crippen LogP contribution in [0, 0.1) is 17.8 Å². The van der Waals surface area contributed by atoms with Gasteiger partial charge in [-0.25, -0.2) is 0 Å². The van der Waals surface area contributed by atoms with Crippen molar-refractivity contribution in [2.75, 3.05) is 0 Å². The molecule has 0 spiro atoms. The highest BCUT2D eigenvalue weighted by atomic mass is 14.5. The molecule has 2 aliphatic rings. The molecule has 2 saturated carbocycles. The van der Waals surface area contributed by atoms with Crippen LogP contribution < -0.4 is 0 Å². The molecule has 2 rings (SSSR count). The van der Waals surface area contributed by atoms with Crippen LogP contribution in [0.1, 0.15) is 32.6 Å². The average molecular weight is 110 g/mol. The van der Waals surface area contributed by atoms with Gasteiger partial charge in [0.1, 0.15) is 0 Å². The van der Waals surface area contributed by atoms with Gasteiger partial charge in [0.25, 0.3) is 0 Å². The van der Waals surface area contributed by atoms with Gasteiger partial charge in [0, 0.05) is 0 Å². The summed E-state index contributed by atoms with van der Waals surface area (Å²) >= 11 is 0. The van der Waals surface area contributed by atoms with Gasteiger partial charge in [0.05, 0.1) is 0 Å². The molecule has 2 unspecified atom stereocenters. The van der Waals surface area contributed by atoms with Crippen molar-refractivity contribution in [1.82, 2.24) is 0 Å². The molecule has 0 nitrogen and oxygen atoms in total. The van der Waals surface area contributed by atoms with Crippen molar-refractivity contribution in [3.05, 3.63) is 0 Å². The number of fused-ring (bicyclic) bond motifs is 1. The molecule has 0 bridgehead atoms. The second-order valence-corrected chi connectivity index (χ2v) is 3.41. The zero-order valence-corrected chi connectivity index (χ0v) is 5.56. The molecule has 0 radical (unpaired) electrons. The molecule has 2 fully saturated rings. The molecule has 2 aliphatic carbocycles. The van der Waals surface area contributed by atoms with Crippen molar-refractivity contribution < 1.29 is 0 Å². The molecule has 0 saturated heterocycles. The summed E-state index contributed by atoms with van der Waals surface area (Å²) in [6.07, 6.45) is 6.13. The Hall–Kier alpha value is 0. The Morgan fingerprint density at radius 3 is 2.38 bits per heavy atom. The molecule has 0 aromatic rings. The highest BCUT2D eigenvalue weighted by Gasteiger charge is 2.45. The van der Waals surface area contributed by atoms with Gasteiger partial charge in [-0.15, -0.1) is 0 Å². The second-order valence-electron chi connectivity index (χ2n) is 3.41. The summed E-state index contributed by atoms with van der Waals surface area (Å²) < 4.78 is 0. The molecule has 0 aromatic heterocycles. The van der Waals surface area contributed by atoms with Crippen LogP contribution in [0.4, 0.5) is 0 Å². The average Bonchev–Trinajstić information content (AvgIpc) is 1.76. The summed E-state index contributed by atoms with van der Waals surface area (Å²) in [6.45, 7) is 2.33. The van der Waals surface area contributed by atoms with Crippen LogP contribution in [0.2, 0.25) is 0 Å². The van der Waals surface area contributed by atoms with Gasteiger partial charge in [-0.1, -0.05) is 13.3 Å². The molecule has 0 heterocycles. The minimum absolute atomic E-state index is 1.15. The van der Waals surface area contributed by atoms with Crippen LogP contribution in [0.25, 0.3) is 0 Å². The first kappa shape index (κ1) is 4.84. The maximum Gasteiger partial charge on any atom is -0.0357 e. The van der Waals surface area contributed by atoms with E-state index in [2.05, 4.69) is 6.92 Å². The van der Waals surface area contributed by atoms with Gasteiger partial charge in [0.2, 0.25) is 0 Å². The van der Waals surface area contributed by atoms with Crippen LogP contribution in [0.3, 0.4) is 0 Å². The van der Waals surface area contributed by atoms with Gasteiger partial charge in [-0.2, -0.15) is 0 Å². The fraction of sp³-hybridized carbons (Fsp3) is 1.00. The third-order valence-electron chi connectivity index (χ3n) is 3.21. The summed E-state index contributed by atoms with van der Waals surface area (Å²) in [7, 11) is 0. The minimum Gasteiger partial charge on any atom is -0.0651 e. The van der Waals surface area contributed by atoms with Crippen molar-refractivity contribution in [1.29, 1.82) is 0 Å². The minimum atomic E-state index is 1.15. The Labute approximate surface area is 51.3 Å². The Morgan fingerprint density at radius 2 is 2.25 bits per heavy atom. The zero-order valence-electron chi connectivity index (χ0n) is 5.56. The van der Waals surface area contributed by atoms with Crippen molar-refractivity contribution >= 4 is 0 Å². The van der Waals surface area contributed by atoms with E-state index in [0.717, 1.165) is 5.92 Å². The second kappa shape index (κ2) is 1.49. The first-order valence-electron chi connectivity index (χ1n) is 3.92. The van der Waals surface area contributed by atoms with E-state index < -0.39 is 0 Å². The molecule has 0 N–H and O–H groups in total. The molecule has 8 heavy (non-hydrogen) atoms. The standard InChI is InChI=1S/C8H14/c1-2-6-5-7-3-4-8(6)7/h6-8H,2-5H2,1H3/t6-,7?,8?/m0/s1. The van der Waals surface area contributed by atoms with Gasteiger partial charge >= 0.3 is 0 Å². The molecular weight excluding hydrogens is 96.1 g/mol. The Balaban J connectivity index is 1.89. The van der Waals surface area contributed by atoms with Crippen LogP contribution in [-0.4, -0.2) is 0 Å². The molecule has 3 atom stereocenters. The van der Waals surface area contributed by atoms with E-state index in [9.17, 15) is 0 Å². The summed E-state index contributed by atoms with van der Waals surface area (Å²) in [5.41, 5.74) is 0. The van der Waals surface area contributed by atoms with Gasteiger partial charge in [-0.3, -0.25) is 0 Å². The van der Waals surface area contributed by atoms with Gasteiger partial charge in [-0.05, 0) is 37.0 Å². The van der Waals surface area contributed by atoms with E-state index >= 15 is 0 Å². The van der Waals surface area contributed by atoms with E-state index in [4.69, 9.17) is 0 Å². The molecule has 0 aliphatic heterocycles. The summed E-state index contributed by atoms with van der Waals surface area (Å²) in [4.78, 5) is 0. The molecule has 0 heteroatoms. The fourth-order valence-corrected chi connectivity index (χ4v) is 2.35. The number of rotatable bonds is 1. The topological polar surface area (TPSA) is 0 Å². The zero-order chi connectivity index (χ0) is 5.56. The van der Waals surface area contributed by atoms with E-state index in [1.165, 1.54) is 18.3 Å². The number of hydrogen-bond acceptors (Lipinski definition) is 0. The third-order valence-corrected chi connectivity index (χ3v) is 3.21. The largest absolute Gasteiger partial charge is 0.0651 e. The van der Waals surface area contributed by atoms with Crippen molar-refractivity contribution in [3.63, 3.8) is 0 Å². The lowest BCUT2D eigenvalue weighted by Gasteiger charge is -2.53. The normalized spacial score (nSPS) is 51.4. The predicted octanol–water partition coefficient (Wildman–Crippen LogP) is 2.44. The van der Waals surface area contributed by atoms with E-state index in [1.54, 1.807) is 19.3 Å². The van der Waals surface area contributed by atoms with Gasteiger partial charge < -0.3 is 0 Å². The predicted molar refractivity (Wildman–Crippen MR) is 34.6 cm³/mol. The fourth-order valence-electron chi connectivity index (χ4n) is 2.35. The quantitative estimate of drug-likeness (QED) is 0.486. The van der Waals surface area contributed by atoms with E-state index in [0.29, 0.717) is 0 Å². The summed E-state index contributed by atoms with van der Waals surface area (Å²) in [6, 6.07) is 0. The van der Waals surface area contributed by atoms with Gasteiger partial charge in [0.15, 0.2) is 0 Å². The molecule has 46 valence electrons. The molecule has 0 aromatic carbocycles. The van der Waals surface area contributed by atoms with Crippen molar-refractivity contribution in [3.8, 4) is 0 Å².